The lowest BCUT2D eigenvalue weighted by Crippen LogP contribution is -2.05. The summed E-state index contributed by atoms with van der Waals surface area (Å²) in [5.74, 6) is 0.878. The van der Waals surface area contributed by atoms with Gasteiger partial charge in [0.15, 0.2) is 0 Å². The molecule has 0 aliphatic rings. The van der Waals surface area contributed by atoms with Crippen molar-refractivity contribution in [3.05, 3.63) is 77.4 Å². The Kier molecular flexibility index (Phi) is 7.03. The number of benzene rings is 2. The van der Waals surface area contributed by atoms with E-state index in [0.29, 0.717) is 6.42 Å². The molecule has 1 N–H and O–H groups in total. The van der Waals surface area contributed by atoms with Crippen LogP contribution in [0.5, 0.6) is 5.75 Å². The fourth-order valence-electron chi connectivity index (χ4n) is 2.70. The van der Waals surface area contributed by atoms with Gasteiger partial charge in [-0.2, -0.15) is 0 Å². The topological polar surface area (TPSA) is 29.5 Å². The van der Waals surface area contributed by atoms with E-state index in [9.17, 15) is 5.11 Å². The van der Waals surface area contributed by atoms with E-state index in [-0.39, 0.29) is 12.2 Å². The molecule has 2 aromatic carbocycles. The highest BCUT2D eigenvalue weighted by atomic mass is 16.5. The van der Waals surface area contributed by atoms with E-state index in [1.807, 2.05) is 39.0 Å². The first-order chi connectivity index (χ1) is 12.0. The number of ether oxygens (including phenoxy) is 1. The van der Waals surface area contributed by atoms with Gasteiger partial charge in [0.25, 0.3) is 0 Å². The number of aliphatic hydroxyl groups is 1. The summed E-state index contributed by atoms with van der Waals surface area (Å²) in [4.78, 5) is 0. The van der Waals surface area contributed by atoms with Crippen LogP contribution in [0.3, 0.4) is 0 Å². The van der Waals surface area contributed by atoms with Gasteiger partial charge < -0.3 is 9.84 Å². The largest absolute Gasteiger partial charge is 0.491 e. The van der Waals surface area contributed by atoms with Gasteiger partial charge >= 0.3 is 0 Å². The molecule has 0 aliphatic heterocycles. The third kappa shape index (κ3) is 6.24. The molecular weight excluding hydrogens is 308 g/mol. The van der Waals surface area contributed by atoms with Crippen molar-refractivity contribution in [2.24, 2.45) is 0 Å². The van der Waals surface area contributed by atoms with Crippen LogP contribution in [0.4, 0.5) is 0 Å². The second kappa shape index (κ2) is 9.24. The number of hydrogen-bond acceptors (Lipinski definition) is 2. The molecule has 0 aliphatic carbocycles. The van der Waals surface area contributed by atoms with Gasteiger partial charge in [-0.05, 0) is 68.0 Å². The average Bonchev–Trinajstić information content (AvgIpc) is 2.56. The van der Waals surface area contributed by atoms with Crippen LogP contribution in [0.25, 0.3) is 12.2 Å². The fourth-order valence-corrected chi connectivity index (χ4v) is 2.70. The lowest BCUT2D eigenvalue weighted by atomic mass is 10.0. The van der Waals surface area contributed by atoms with E-state index in [0.717, 1.165) is 28.9 Å². The van der Waals surface area contributed by atoms with Crippen LogP contribution in [-0.4, -0.2) is 17.3 Å². The molecule has 0 bridgehead atoms. The molecule has 1 unspecified atom stereocenters. The van der Waals surface area contributed by atoms with Crippen molar-refractivity contribution in [2.75, 3.05) is 0 Å². The molecule has 0 heterocycles. The molecule has 25 heavy (non-hydrogen) atoms. The number of aliphatic hydroxyl groups excluding tert-OH is 1. The van der Waals surface area contributed by atoms with Crippen LogP contribution in [-0.2, 0) is 12.8 Å². The molecule has 0 amide bonds. The van der Waals surface area contributed by atoms with E-state index in [4.69, 9.17) is 4.74 Å². The Morgan fingerprint density at radius 1 is 1.00 bits per heavy atom. The van der Waals surface area contributed by atoms with Crippen molar-refractivity contribution < 1.29 is 9.84 Å². The van der Waals surface area contributed by atoms with Gasteiger partial charge in [0.2, 0.25) is 0 Å². The zero-order valence-electron chi connectivity index (χ0n) is 15.4. The lowest BCUT2D eigenvalue weighted by Gasteiger charge is -2.11. The molecule has 132 valence electrons. The maximum atomic E-state index is 9.44. The minimum atomic E-state index is -0.302. The van der Waals surface area contributed by atoms with Gasteiger partial charge in [0.05, 0.1) is 12.2 Å². The zero-order chi connectivity index (χ0) is 18.2. The van der Waals surface area contributed by atoms with E-state index >= 15 is 0 Å². The minimum Gasteiger partial charge on any atom is -0.491 e. The molecular formula is C23H28O2. The highest BCUT2D eigenvalue weighted by Crippen LogP contribution is 2.21. The summed E-state index contributed by atoms with van der Waals surface area (Å²) in [6.45, 7) is 9.75. The molecule has 0 fully saturated rings. The monoisotopic (exact) mass is 336 g/mol. The van der Waals surface area contributed by atoms with E-state index in [1.54, 1.807) is 0 Å². The standard InChI is InChI=1S/C23H28O2/c1-5-21-13-14-23(25-17(2)3)16-22(21)8-6-7-19-9-11-20(12-10-19)15-18(4)24/h5-6,8-14,16-18,24H,1,7,15H2,2-4H3/b8-6-. The van der Waals surface area contributed by atoms with Gasteiger partial charge in [0, 0.05) is 0 Å². The molecule has 2 heteroatoms. The first-order valence-electron chi connectivity index (χ1n) is 8.83. The first kappa shape index (κ1) is 19.0. The molecule has 2 aromatic rings. The van der Waals surface area contributed by atoms with Crippen molar-refractivity contribution >= 4 is 12.2 Å². The van der Waals surface area contributed by atoms with Crippen molar-refractivity contribution in [1.82, 2.24) is 0 Å². The molecule has 1 atom stereocenters. The summed E-state index contributed by atoms with van der Waals surface area (Å²) in [5.41, 5.74) is 4.62. The quantitative estimate of drug-likeness (QED) is 0.709. The summed E-state index contributed by atoms with van der Waals surface area (Å²) in [5, 5.41) is 9.44. The normalized spacial score (nSPS) is 12.5. The Morgan fingerprint density at radius 2 is 1.68 bits per heavy atom. The van der Waals surface area contributed by atoms with Crippen molar-refractivity contribution in [3.8, 4) is 5.75 Å². The summed E-state index contributed by atoms with van der Waals surface area (Å²) >= 11 is 0. The summed E-state index contributed by atoms with van der Waals surface area (Å²) < 4.78 is 5.78. The number of rotatable bonds is 8. The predicted molar refractivity (Wildman–Crippen MR) is 107 cm³/mol. The Morgan fingerprint density at radius 3 is 2.28 bits per heavy atom. The van der Waals surface area contributed by atoms with Crippen LogP contribution in [0.15, 0.2) is 55.1 Å². The lowest BCUT2D eigenvalue weighted by molar-refractivity contribution is 0.195. The predicted octanol–water partition coefficient (Wildman–Crippen LogP) is 5.30. The maximum absolute atomic E-state index is 9.44. The summed E-state index contributed by atoms with van der Waals surface area (Å²) in [6, 6.07) is 14.5. The average molecular weight is 336 g/mol. The number of allylic oxidation sites excluding steroid dienone is 1. The third-order valence-corrected chi connectivity index (χ3v) is 3.85. The zero-order valence-corrected chi connectivity index (χ0v) is 15.4. The van der Waals surface area contributed by atoms with E-state index < -0.39 is 0 Å². The highest BCUT2D eigenvalue weighted by molar-refractivity contribution is 5.66. The SMILES string of the molecule is C=Cc1ccc(OC(C)C)cc1/C=C\Cc1ccc(CC(C)O)cc1. The minimum absolute atomic E-state index is 0.159. The summed E-state index contributed by atoms with van der Waals surface area (Å²) in [7, 11) is 0. The van der Waals surface area contributed by atoms with E-state index in [1.165, 1.54) is 5.56 Å². The second-order valence-electron chi connectivity index (χ2n) is 6.64. The van der Waals surface area contributed by atoms with Crippen molar-refractivity contribution in [2.45, 2.75) is 45.8 Å². The van der Waals surface area contributed by atoms with Crippen molar-refractivity contribution in [3.63, 3.8) is 0 Å². The molecule has 0 saturated heterocycles. The second-order valence-corrected chi connectivity index (χ2v) is 6.64. The van der Waals surface area contributed by atoms with Gasteiger partial charge in [-0.1, -0.05) is 55.1 Å². The number of hydrogen-bond donors (Lipinski definition) is 1. The van der Waals surface area contributed by atoms with Crippen LogP contribution >= 0.6 is 0 Å². The fraction of sp³-hybridized carbons (Fsp3) is 0.304. The Balaban J connectivity index is 2.06. The van der Waals surface area contributed by atoms with Gasteiger partial charge in [0.1, 0.15) is 5.75 Å². The molecule has 0 spiro atoms. The molecule has 2 nitrogen and oxygen atoms in total. The smallest absolute Gasteiger partial charge is 0.120 e. The van der Waals surface area contributed by atoms with E-state index in [2.05, 4.69) is 49.1 Å². The molecule has 0 radical (unpaired) electrons. The van der Waals surface area contributed by atoms with Crippen molar-refractivity contribution in [1.29, 1.82) is 0 Å². The molecule has 2 rings (SSSR count). The van der Waals surface area contributed by atoms with Crippen LogP contribution in [0, 0.1) is 0 Å². The first-order valence-corrected chi connectivity index (χ1v) is 8.83. The molecule has 0 aromatic heterocycles. The van der Waals surface area contributed by atoms with Crippen LogP contribution in [0.2, 0.25) is 0 Å². The van der Waals surface area contributed by atoms with Crippen LogP contribution in [0.1, 0.15) is 43.0 Å². The Labute approximate surface area is 151 Å². The molecule has 0 saturated carbocycles. The van der Waals surface area contributed by atoms with Gasteiger partial charge in [-0.25, -0.2) is 0 Å². The Hall–Kier alpha value is -2.32. The van der Waals surface area contributed by atoms with Crippen LogP contribution < -0.4 is 4.74 Å². The highest BCUT2D eigenvalue weighted by Gasteiger charge is 2.02. The Bertz CT molecular complexity index is 709. The van der Waals surface area contributed by atoms with Gasteiger partial charge in [-0.15, -0.1) is 0 Å². The maximum Gasteiger partial charge on any atom is 0.120 e. The van der Waals surface area contributed by atoms with Gasteiger partial charge in [-0.3, -0.25) is 0 Å². The third-order valence-electron chi connectivity index (χ3n) is 3.85. The summed E-state index contributed by atoms with van der Waals surface area (Å²) in [6.07, 6.45) is 7.56.